The maximum absolute atomic E-state index is 14.2. The molecule has 1 N–H and O–H groups in total. The summed E-state index contributed by atoms with van der Waals surface area (Å²) in [5, 5.41) is 3.06. The van der Waals surface area contributed by atoms with Crippen molar-refractivity contribution in [1.29, 1.82) is 0 Å². The summed E-state index contributed by atoms with van der Waals surface area (Å²) in [6.07, 6.45) is 10.5. The van der Waals surface area contributed by atoms with Gasteiger partial charge in [-0.25, -0.2) is 0 Å². The van der Waals surface area contributed by atoms with Gasteiger partial charge in [0.15, 0.2) is 0 Å². The summed E-state index contributed by atoms with van der Waals surface area (Å²) in [6, 6.07) is 0. The van der Waals surface area contributed by atoms with E-state index in [1.54, 1.807) is 6.92 Å². The largest absolute Gasteiger partial charge is 0.462 e. The standard InChI is InChI=1S/C38H61NO5/c1-23(2)25-14-19-38(32(42)39-22-30(41)44-33(4,5)6)21-20-36(10)26(31(25)38)12-13-28-35(9)17-16-29(43-24(3)40)34(7,8)27(35)15-18-37(28,36)11/h25-29,31H,1,12-22H2,2-11H3,(H,39,42)/t25-,26+,27-,28+,29-,31+,35-,36+,37+,38-/m0/s1. The highest BCUT2D eigenvalue weighted by molar-refractivity contribution is 5.87. The number of allylic oxidation sites excluding steroid dienone is 1. The molecule has 0 aromatic rings. The molecule has 0 bridgehead atoms. The Balaban J connectivity index is 1.44. The number of carbonyl (C=O) groups is 3. The van der Waals surface area contributed by atoms with E-state index in [1.807, 2.05) is 20.8 Å². The van der Waals surface area contributed by atoms with E-state index >= 15 is 0 Å². The van der Waals surface area contributed by atoms with Gasteiger partial charge in [-0.1, -0.05) is 46.8 Å². The predicted octanol–water partition coefficient (Wildman–Crippen LogP) is 8.03. The maximum atomic E-state index is 14.2. The fourth-order valence-electron chi connectivity index (χ4n) is 12.6. The van der Waals surface area contributed by atoms with Gasteiger partial charge in [-0.15, -0.1) is 0 Å². The van der Waals surface area contributed by atoms with Crippen LogP contribution in [0.4, 0.5) is 0 Å². The summed E-state index contributed by atoms with van der Waals surface area (Å²) in [7, 11) is 0. The molecule has 0 heterocycles. The van der Waals surface area contributed by atoms with Crippen LogP contribution in [0.3, 0.4) is 0 Å². The molecule has 6 heteroatoms. The molecule has 0 aromatic carbocycles. The molecule has 5 aliphatic rings. The molecule has 0 aliphatic heterocycles. The molecule has 5 saturated carbocycles. The fourth-order valence-corrected chi connectivity index (χ4v) is 12.6. The summed E-state index contributed by atoms with van der Waals surface area (Å²) in [5.41, 5.74) is 0.614. The molecule has 1 amide bonds. The lowest BCUT2D eigenvalue weighted by molar-refractivity contribution is -0.248. The smallest absolute Gasteiger partial charge is 0.325 e. The van der Waals surface area contributed by atoms with Gasteiger partial charge in [-0.3, -0.25) is 14.4 Å². The van der Waals surface area contributed by atoms with E-state index in [1.165, 1.54) is 18.4 Å². The molecule has 44 heavy (non-hydrogen) atoms. The van der Waals surface area contributed by atoms with Gasteiger partial charge in [-0.05, 0) is 138 Å². The lowest BCUT2D eigenvalue weighted by Gasteiger charge is -2.72. The topological polar surface area (TPSA) is 81.7 Å². The quantitative estimate of drug-likeness (QED) is 0.251. The third kappa shape index (κ3) is 4.98. The fraction of sp³-hybridized carbons (Fsp3) is 0.868. The van der Waals surface area contributed by atoms with Gasteiger partial charge in [0.1, 0.15) is 18.2 Å². The second-order valence-electron chi connectivity index (χ2n) is 18.1. The average Bonchev–Trinajstić information content (AvgIpc) is 3.29. The number of ether oxygens (including phenoxy) is 2. The first-order valence-electron chi connectivity index (χ1n) is 17.6. The van der Waals surface area contributed by atoms with Crippen molar-refractivity contribution in [2.24, 2.45) is 56.7 Å². The van der Waals surface area contributed by atoms with Gasteiger partial charge in [0, 0.05) is 12.3 Å². The Morgan fingerprint density at radius 1 is 0.818 bits per heavy atom. The minimum atomic E-state index is -0.577. The van der Waals surface area contributed by atoms with Crippen LogP contribution in [-0.2, 0) is 23.9 Å². The van der Waals surface area contributed by atoms with Crippen molar-refractivity contribution in [3.05, 3.63) is 12.2 Å². The first kappa shape index (κ1) is 33.5. The summed E-state index contributed by atoms with van der Waals surface area (Å²) >= 11 is 0. The zero-order chi connectivity index (χ0) is 32.7. The molecular formula is C38H61NO5. The van der Waals surface area contributed by atoms with Crippen LogP contribution in [0.1, 0.15) is 133 Å². The van der Waals surface area contributed by atoms with Crippen molar-refractivity contribution in [2.45, 2.75) is 145 Å². The number of hydrogen-bond acceptors (Lipinski definition) is 5. The first-order chi connectivity index (χ1) is 20.2. The molecule has 248 valence electrons. The third-order valence-corrected chi connectivity index (χ3v) is 14.6. The Kier molecular flexibility index (Phi) is 8.27. The van der Waals surface area contributed by atoms with E-state index < -0.39 is 11.0 Å². The maximum Gasteiger partial charge on any atom is 0.325 e. The average molecular weight is 612 g/mol. The normalized spacial score (nSPS) is 44.2. The number of esters is 2. The summed E-state index contributed by atoms with van der Waals surface area (Å²) in [4.78, 5) is 38.8. The van der Waals surface area contributed by atoms with Gasteiger partial charge < -0.3 is 14.8 Å². The Morgan fingerprint density at radius 2 is 1.50 bits per heavy atom. The molecule has 0 radical (unpaired) electrons. The van der Waals surface area contributed by atoms with E-state index in [4.69, 9.17) is 9.47 Å². The zero-order valence-electron chi connectivity index (χ0n) is 29.5. The molecule has 5 rings (SSSR count). The molecule has 10 atom stereocenters. The van der Waals surface area contributed by atoms with Crippen molar-refractivity contribution < 1.29 is 23.9 Å². The minimum Gasteiger partial charge on any atom is -0.462 e. The third-order valence-electron chi connectivity index (χ3n) is 14.6. The van der Waals surface area contributed by atoms with Gasteiger partial charge >= 0.3 is 11.9 Å². The second-order valence-corrected chi connectivity index (χ2v) is 18.1. The number of fused-ring (bicyclic) bond motifs is 7. The lowest BCUT2D eigenvalue weighted by Crippen LogP contribution is -2.67. The highest BCUT2D eigenvalue weighted by Crippen LogP contribution is 2.77. The summed E-state index contributed by atoms with van der Waals surface area (Å²) < 4.78 is 11.4. The van der Waals surface area contributed by atoms with E-state index in [2.05, 4.69) is 53.4 Å². The lowest BCUT2D eigenvalue weighted by atomic mass is 9.32. The predicted molar refractivity (Wildman–Crippen MR) is 173 cm³/mol. The van der Waals surface area contributed by atoms with Crippen LogP contribution in [0.25, 0.3) is 0 Å². The van der Waals surface area contributed by atoms with E-state index in [9.17, 15) is 14.4 Å². The van der Waals surface area contributed by atoms with Gasteiger partial charge in [0.2, 0.25) is 5.91 Å². The van der Waals surface area contributed by atoms with Crippen molar-refractivity contribution in [3.8, 4) is 0 Å². The van der Waals surface area contributed by atoms with Crippen LogP contribution < -0.4 is 5.32 Å². The van der Waals surface area contributed by atoms with Crippen molar-refractivity contribution in [3.63, 3.8) is 0 Å². The zero-order valence-corrected chi connectivity index (χ0v) is 29.5. The van der Waals surface area contributed by atoms with E-state index in [-0.39, 0.29) is 58.1 Å². The number of hydrogen-bond donors (Lipinski definition) is 1. The Labute approximate surface area is 267 Å². The highest BCUT2D eigenvalue weighted by Gasteiger charge is 2.72. The summed E-state index contributed by atoms with van der Waals surface area (Å²) in [6.45, 7) is 26.1. The molecule has 0 saturated heterocycles. The number of carbonyl (C=O) groups excluding carboxylic acids is 3. The number of rotatable bonds is 5. The van der Waals surface area contributed by atoms with E-state index in [0.29, 0.717) is 23.7 Å². The number of nitrogens with one attached hydrogen (secondary N) is 1. The molecule has 5 fully saturated rings. The highest BCUT2D eigenvalue weighted by atomic mass is 16.6. The monoisotopic (exact) mass is 611 g/mol. The van der Waals surface area contributed by atoms with Crippen LogP contribution in [0.2, 0.25) is 0 Å². The van der Waals surface area contributed by atoms with Crippen molar-refractivity contribution >= 4 is 17.8 Å². The van der Waals surface area contributed by atoms with Crippen LogP contribution >= 0.6 is 0 Å². The minimum absolute atomic E-state index is 0.0151. The SMILES string of the molecule is C=C(C)[C@@H]1CC[C@]2(C(=O)NCC(=O)OC(C)(C)C)CC[C@]3(C)[C@H](CC[C@@H]4[C@@]5(C)CC[C@H](OC(C)=O)C(C)(C)[C@@H]5CC[C@]43C)[C@@H]12. The van der Waals surface area contributed by atoms with Crippen LogP contribution in [-0.4, -0.2) is 36.1 Å². The van der Waals surface area contributed by atoms with Crippen LogP contribution in [0.15, 0.2) is 12.2 Å². The van der Waals surface area contributed by atoms with Gasteiger partial charge in [0.25, 0.3) is 0 Å². The Morgan fingerprint density at radius 3 is 2.11 bits per heavy atom. The summed E-state index contributed by atoms with van der Waals surface area (Å²) in [5.74, 6) is 1.65. The van der Waals surface area contributed by atoms with Crippen molar-refractivity contribution in [2.75, 3.05) is 6.54 Å². The molecule has 0 spiro atoms. The van der Waals surface area contributed by atoms with Gasteiger partial charge in [-0.2, -0.15) is 0 Å². The van der Waals surface area contributed by atoms with Crippen molar-refractivity contribution in [1.82, 2.24) is 5.32 Å². The first-order valence-corrected chi connectivity index (χ1v) is 17.6. The second kappa shape index (κ2) is 10.9. The molecule has 0 unspecified atom stereocenters. The molecule has 0 aromatic heterocycles. The molecule has 6 nitrogen and oxygen atoms in total. The van der Waals surface area contributed by atoms with E-state index in [0.717, 1.165) is 51.4 Å². The molecule has 5 aliphatic carbocycles. The van der Waals surface area contributed by atoms with Crippen LogP contribution in [0.5, 0.6) is 0 Å². The Bertz CT molecular complexity index is 1200. The van der Waals surface area contributed by atoms with Crippen LogP contribution in [0, 0.1) is 56.7 Å². The number of amides is 1. The Hall–Kier alpha value is -1.85. The molecular weight excluding hydrogens is 550 g/mol. The van der Waals surface area contributed by atoms with Gasteiger partial charge in [0.05, 0.1) is 5.41 Å².